The smallest absolute Gasteiger partial charge is 0.324 e. The third-order valence-electron chi connectivity index (χ3n) is 2.89. The molecule has 0 saturated heterocycles. The topological polar surface area (TPSA) is 88.2 Å². The Bertz CT molecular complexity index is 621. The van der Waals surface area contributed by atoms with E-state index in [1.165, 1.54) is 0 Å². The number of benzene rings is 1. The molecule has 0 bridgehead atoms. The maximum Gasteiger partial charge on any atom is 0.329 e. The van der Waals surface area contributed by atoms with Gasteiger partial charge in [-0.2, -0.15) is 0 Å². The van der Waals surface area contributed by atoms with Crippen molar-refractivity contribution in [2.75, 3.05) is 0 Å². The van der Waals surface area contributed by atoms with Gasteiger partial charge >= 0.3 is 7.60 Å². The van der Waals surface area contributed by atoms with E-state index in [0.717, 1.165) is 30.6 Å². The first kappa shape index (κ1) is 14.9. The Morgan fingerprint density at radius 3 is 2.85 bits per heavy atom. The summed E-state index contributed by atoms with van der Waals surface area (Å²) in [7, 11) is -4.05. The maximum atomic E-state index is 11.0. The van der Waals surface area contributed by atoms with Gasteiger partial charge in [-0.05, 0) is 30.5 Å². The standard InChI is InChI=1S/C13H18N3O3P/c1-2-3-6-12-9-16(15-14-12)13-7-4-5-11(8-13)10-20(17,18)19/h4-5,7-9H,2-3,6,10H2,1H3,(H2,17,18,19). The summed E-state index contributed by atoms with van der Waals surface area (Å²) in [4.78, 5) is 18.0. The second-order valence-corrected chi connectivity index (χ2v) is 6.40. The van der Waals surface area contributed by atoms with E-state index in [1.807, 2.05) is 12.3 Å². The average molecular weight is 295 g/mol. The van der Waals surface area contributed by atoms with Crippen LogP contribution in [0.4, 0.5) is 0 Å². The molecule has 0 fully saturated rings. The Morgan fingerprint density at radius 2 is 2.15 bits per heavy atom. The van der Waals surface area contributed by atoms with E-state index in [4.69, 9.17) is 9.79 Å². The van der Waals surface area contributed by atoms with Gasteiger partial charge in [0, 0.05) is 0 Å². The van der Waals surface area contributed by atoms with Crippen molar-refractivity contribution in [2.24, 2.45) is 0 Å². The molecular formula is C13H18N3O3P. The molecule has 108 valence electrons. The summed E-state index contributed by atoms with van der Waals surface area (Å²) in [6, 6.07) is 7.00. The van der Waals surface area contributed by atoms with Crippen LogP contribution >= 0.6 is 7.60 Å². The molecule has 2 aromatic rings. The highest BCUT2D eigenvalue weighted by molar-refractivity contribution is 7.50. The molecule has 6 nitrogen and oxygen atoms in total. The number of hydrogen-bond acceptors (Lipinski definition) is 3. The summed E-state index contributed by atoms with van der Waals surface area (Å²) in [6.45, 7) is 2.12. The van der Waals surface area contributed by atoms with Crippen LogP contribution in [-0.2, 0) is 17.1 Å². The van der Waals surface area contributed by atoms with Crippen LogP contribution in [0.1, 0.15) is 31.0 Å². The lowest BCUT2D eigenvalue weighted by atomic mass is 10.2. The van der Waals surface area contributed by atoms with Gasteiger partial charge in [-0.3, -0.25) is 4.57 Å². The zero-order valence-corrected chi connectivity index (χ0v) is 12.2. The van der Waals surface area contributed by atoms with Gasteiger partial charge in [0.2, 0.25) is 0 Å². The van der Waals surface area contributed by atoms with Gasteiger partial charge in [0.1, 0.15) is 0 Å². The van der Waals surface area contributed by atoms with Crippen molar-refractivity contribution in [2.45, 2.75) is 32.3 Å². The van der Waals surface area contributed by atoms with E-state index in [9.17, 15) is 4.57 Å². The minimum absolute atomic E-state index is 0.266. The molecule has 20 heavy (non-hydrogen) atoms. The molecule has 0 saturated carbocycles. The van der Waals surface area contributed by atoms with Gasteiger partial charge in [-0.25, -0.2) is 4.68 Å². The summed E-state index contributed by atoms with van der Waals surface area (Å²) in [5.74, 6) is 0. The van der Waals surface area contributed by atoms with Crippen molar-refractivity contribution >= 4 is 7.60 Å². The summed E-state index contributed by atoms with van der Waals surface area (Å²) >= 11 is 0. The van der Waals surface area contributed by atoms with Gasteiger partial charge in [0.15, 0.2) is 0 Å². The molecule has 0 aliphatic rings. The molecule has 0 unspecified atom stereocenters. The van der Waals surface area contributed by atoms with Gasteiger partial charge in [0.05, 0.1) is 23.7 Å². The fourth-order valence-corrected chi connectivity index (χ4v) is 2.60. The molecule has 1 aromatic heterocycles. The first-order valence-electron chi connectivity index (χ1n) is 6.53. The van der Waals surface area contributed by atoms with E-state index < -0.39 is 7.60 Å². The number of aromatic nitrogens is 3. The maximum absolute atomic E-state index is 11.0. The van der Waals surface area contributed by atoms with Gasteiger partial charge in [-0.1, -0.05) is 30.7 Å². The Labute approximate surface area is 117 Å². The Kier molecular flexibility index (Phi) is 4.70. The molecule has 0 aliphatic heterocycles. The van der Waals surface area contributed by atoms with E-state index >= 15 is 0 Å². The van der Waals surface area contributed by atoms with Crippen LogP contribution in [-0.4, -0.2) is 24.8 Å². The second kappa shape index (κ2) is 6.31. The van der Waals surface area contributed by atoms with Crippen molar-refractivity contribution in [3.63, 3.8) is 0 Å². The number of aryl methyl sites for hydroxylation is 1. The SMILES string of the molecule is CCCCc1cn(-c2cccc(CP(=O)(O)O)c2)nn1. The zero-order valence-electron chi connectivity index (χ0n) is 11.3. The van der Waals surface area contributed by atoms with Crippen LogP contribution in [0.5, 0.6) is 0 Å². The fourth-order valence-electron chi connectivity index (χ4n) is 1.93. The number of hydrogen-bond donors (Lipinski definition) is 2. The first-order valence-corrected chi connectivity index (χ1v) is 8.33. The summed E-state index contributed by atoms with van der Waals surface area (Å²) in [5, 5.41) is 8.14. The van der Waals surface area contributed by atoms with Crippen LogP contribution in [0.15, 0.2) is 30.5 Å². The lowest BCUT2D eigenvalue weighted by molar-refractivity contribution is 0.371. The molecular weight excluding hydrogens is 277 g/mol. The molecule has 1 heterocycles. The highest BCUT2D eigenvalue weighted by atomic mass is 31.2. The van der Waals surface area contributed by atoms with Crippen molar-refractivity contribution in [3.05, 3.63) is 41.7 Å². The third-order valence-corrected chi connectivity index (χ3v) is 3.67. The van der Waals surface area contributed by atoms with Crippen molar-refractivity contribution in [1.82, 2.24) is 15.0 Å². The second-order valence-electron chi connectivity index (χ2n) is 4.75. The minimum atomic E-state index is -4.05. The lowest BCUT2D eigenvalue weighted by Crippen LogP contribution is -1.96. The van der Waals surface area contributed by atoms with E-state index in [1.54, 1.807) is 22.9 Å². The van der Waals surface area contributed by atoms with E-state index in [0.29, 0.717) is 5.56 Å². The summed E-state index contributed by atoms with van der Waals surface area (Å²) < 4.78 is 12.7. The molecule has 0 amide bonds. The van der Waals surface area contributed by atoms with Crippen LogP contribution < -0.4 is 0 Å². The molecule has 0 spiro atoms. The normalized spacial score (nSPS) is 11.8. The Balaban J connectivity index is 2.18. The number of nitrogens with zero attached hydrogens (tertiary/aromatic N) is 3. The Hall–Kier alpha value is -1.49. The quantitative estimate of drug-likeness (QED) is 0.798. The van der Waals surface area contributed by atoms with Crippen molar-refractivity contribution in [1.29, 1.82) is 0 Å². The predicted octanol–water partition coefficient (Wildman–Crippen LogP) is 2.29. The molecule has 0 aliphatic carbocycles. The fraction of sp³-hybridized carbons (Fsp3) is 0.385. The molecule has 2 N–H and O–H groups in total. The molecule has 0 atom stereocenters. The largest absolute Gasteiger partial charge is 0.329 e. The minimum Gasteiger partial charge on any atom is -0.324 e. The lowest BCUT2D eigenvalue weighted by Gasteiger charge is -2.06. The third kappa shape index (κ3) is 4.27. The molecule has 2 rings (SSSR count). The average Bonchev–Trinajstić information content (AvgIpc) is 2.83. The van der Waals surface area contributed by atoms with E-state index in [2.05, 4.69) is 17.2 Å². The zero-order chi connectivity index (χ0) is 14.6. The molecule has 1 aromatic carbocycles. The highest BCUT2D eigenvalue weighted by Gasteiger charge is 2.14. The van der Waals surface area contributed by atoms with Crippen LogP contribution in [0.25, 0.3) is 5.69 Å². The number of rotatable bonds is 6. The van der Waals surface area contributed by atoms with Crippen LogP contribution in [0, 0.1) is 0 Å². The predicted molar refractivity (Wildman–Crippen MR) is 75.7 cm³/mol. The molecule has 0 radical (unpaired) electrons. The first-order chi connectivity index (χ1) is 9.48. The van der Waals surface area contributed by atoms with Gasteiger partial charge in [0.25, 0.3) is 0 Å². The summed E-state index contributed by atoms with van der Waals surface area (Å²) in [5.41, 5.74) is 2.26. The highest BCUT2D eigenvalue weighted by Crippen LogP contribution is 2.39. The van der Waals surface area contributed by atoms with Gasteiger partial charge < -0.3 is 9.79 Å². The van der Waals surface area contributed by atoms with E-state index in [-0.39, 0.29) is 6.16 Å². The van der Waals surface area contributed by atoms with Gasteiger partial charge in [-0.15, -0.1) is 5.10 Å². The monoisotopic (exact) mass is 295 g/mol. The number of unbranched alkanes of at least 4 members (excludes halogenated alkanes) is 1. The summed E-state index contributed by atoms with van der Waals surface area (Å²) in [6.07, 6.45) is 4.64. The molecule has 7 heteroatoms. The van der Waals surface area contributed by atoms with Crippen molar-refractivity contribution < 1.29 is 14.4 Å². The van der Waals surface area contributed by atoms with Crippen molar-refractivity contribution in [3.8, 4) is 5.69 Å². The Morgan fingerprint density at radius 1 is 1.35 bits per heavy atom. The van der Waals surface area contributed by atoms with Crippen LogP contribution in [0.2, 0.25) is 0 Å². The van der Waals surface area contributed by atoms with Crippen LogP contribution in [0.3, 0.4) is 0 Å².